The Balaban J connectivity index is 1.89. The van der Waals surface area contributed by atoms with Crippen molar-refractivity contribution in [1.82, 2.24) is 20.0 Å². The van der Waals surface area contributed by atoms with Crippen LogP contribution < -0.4 is 5.32 Å². The van der Waals surface area contributed by atoms with Gasteiger partial charge in [0.25, 0.3) is 0 Å². The van der Waals surface area contributed by atoms with Crippen molar-refractivity contribution in [3.05, 3.63) is 47.3 Å². The minimum Gasteiger partial charge on any atom is -0.373 e. The number of fused-ring (bicyclic) bond motifs is 2. The molecule has 3 atom stereocenters. The van der Waals surface area contributed by atoms with E-state index in [9.17, 15) is 0 Å². The van der Waals surface area contributed by atoms with Gasteiger partial charge in [-0.05, 0) is 26.5 Å². The highest BCUT2D eigenvalue weighted by atomic mass is 32.2. The average molecular weight is 386 g/mol. The largest absolute Gasteiger partial charge is 0.373 e. The first-order chi connectivity index (χ1) is 13.2. The fourth-order valence-electron chi connectivity index (χ4n) is 3.78. The Morgan fingerprint density at radius 3 is 2.89 bits per heavy atom. The van der Waals surface area contributed by atoms with Gasteiger partial charge in [0.2, 0.25) is 0 Å². The van der Waals surface area contributed by atoms with Crippen LogP contribution in [0.1, 0.15) is 44.9 Å². The summed E-state index contributed by atoms with van der Waals surface area (Å²) in [5, 5.41) is 8.01. The van der Waals surface area contributed by atoms with Crippen molar-refractivity contribution in [3.63, 3.8) is 0 Å². The summed E-state index contributed by atoms with van der Waals surface area (Å²) in [7, 11) is 1.95. The van der Waals surface area contributed by atoms with Gasteiger partial charge in [0.1, 0.15) is 12.0 Å². The summed E-state index contributed by atoms with van der Waals surface area (Å²) in [6.45, 7) is 7.38. The number of allylic oxidation sites excluding steroid dienone is 4. The van der Waals surface area contributed by atoms with E-state index >= 15 is 0 Å². The highest BCUT2D eigenvalue weighted by molar-refractivity contribution is 7.98. The quantitative estimate of drug-likeness (QED) is 0.571. The van der Waals surface area contributed by atoms with Crippen LogP contribution in [0.2, 0.25) is 0 Å². The van der Waals surface area contributed by atoms with Crippen LogP contribution in [0.5, 0.6) is 0 Å². The molecule has 3 rings (SSSR count). The van der Waals surface area contributed by atoms with Crippen molar-refractivity contribution in [1.29, 1.82) is 0 Å². The van der Waals surface area contributed by atoms with E-state index in [2.05, 4.69) is 66.2 Å². The molecule has 1 aromatic rings. The molecule has 0 amide bonds. The fourth-order valence-corrected chi connectivity index (χ4v) is 4.11. The minimum atomic E-state index is 0.242. The van der Waals surface area contributed by atoms with E-state index in [4.69, 9.17) is 10.1 Å². The Morgan fingerprint density at radius 2 is 2.22 bits per heavy atom. The summed E-state index contributed by atoms with van der Waals surface area (Å²) in [5.74, 6) is 1.99. The number of hydrogen-bond donors (Lipinski definition) is 1. The predicted octanol–water partition coefficient (Wildman–Crippen LogP) is 3.90. The Kier molecular flexibility index (Phi) is 6.60. The number of aliphatic imine (C=N–C) groups is 1. The van der Waals surface area contributed by atoms with Crippen LogP contribution in [-0.4, -0.2) is 51.8 Å². The Hall–Kier alpha value is -1.79. The van der Waals surface area contributed by atoms with E-state index < -0.39 is 0 Å². The summed E-state index contributed by atoms with van der Waals surface area (Å²) >= 11 is 1.84. The van der Waals surface area contributed by atoms with Crippen molar-refractivity contribution in [2.75, 3.05) is 19.1 Å². The van der Waals surface area contributed by atoms with E-state index in [1.165, 1.54) is 17.0 Å². The van der Waals surface area contributed by atoms with Crippen molar-refractivity contribution in [2.45, 2.75) is 52.4 Å². The molecule has 0 bridgehead atoms. The second-order valence-electron chi connectivity index (χ2n) is 6.94. The van der Waals surface area contributed by atoms with E-state index in [0.717, 1.165) is 36.5 Å². The number of hydrogen-bond acceptors (Lipinski definition) is 5. The Morgan fingerprint density at radius 1 is 1.41 bits per heavy atom. The van der Waals surface area contributed by atoms with Gasteiger partial charge in [0, 0.05) is 31.5 Å². The van der Waals surface area contributed by atoms with Crippen LogP contribution in [0.3, 0.4) is 0 Å². The highest BCUT2D eigenvalue weighted by Crippen LogP contribution is 2.40. The van der Waals surface area contributed by atoms with Gasteiger partial charge in [-0.3, -0.25) is 4.90 Å². The van der Waals surface area contributed by atoms with Crippen LogP contribution >= 0.6 is 11.8 Å². The number of rotatable bonds is 7. The molecule has 1 saturated heterocycles. The number of nitrogens with one attached hydrogen (secondary N) is 1. The zero-order valence-electron chi connectivity index (χ0n) is 17.1. The topological polar surface area (TPSA) is 45.2 Å². The van der Waals surface area contributed by atoms with Crippen LogP contribution in [0.15, 0.2) is 41.1 Å². The molecule has 2 aliphatic rings. The van der Waals surface area contributed by atoms with Crippen molar-refractivity contribution in [2.24, 2.45) is 4.99 Å². The van der Waals surface area contributed by atoms with Gasteiger partial charge in [-0.15, -0.1) is 0 Å². The first-order valence-corrected chi connectivity index (χ1v) is 11.1. The first-order valence-electron chi connectivity index (χ1n) is 9.70. The maximum Gasteiger partial charge on any atom is 0.133 e. The maximum atomic E-state index is 4.98. The molecule has 0 aliphatic carbocycles. The van der Waals surface area contributed by atoms with Gasteiger partial charge in [0.05, 0.1) is 23.5 Å². The molecule has 27 heavy (non-hydrogen) atoms. The number of thioether (sulfide) groups is 1. The van der Waals surface area contributed by atoms with Crippen molar-refractivity contribution >= 4 is 23.3 Å². The second kappa shape index (κ2) is 8.93. The minimum absolute atomic E-state index is 0.242. The molecule has 6 heteroatoms. The monoisotopic (exact) mass is 385 g/mol. The van der Waals surface area contributed by atoms with Gasteiger partial charge in [-0.1, -0.05) is 36.8 Å². The molecular weight excluding hydrogens is 354 g/mol. The lowest BCUT2D eigenvalue weighted by atomic mass is 10.1. The van der Waals surface area contributed by atoms with E-state index in [1.807, 2.05) is 25.0 Å². The first kappa shape index (κ1) is 20.0. The second-order valence-corrected chi connectivity index (χ2v) is 7.85. The summed E-state index contributed by atoms with van der Waals surface area (Å²) < 4.78 is 2.11. The predicted molar refractivity (Wildman–Crippen MR) is 117 cm³/mol. The molecule has 3 heterocycles. The maximum absolute atomic E-state index is 4.98. The van der Waals surface area contributed by atoms with Gasteiger partial charge in [-0.25, -0.2) is 9.67 Å². The average Bonchev–Trinajstić information content (AvgIpc) is 3.24. The zero-order valence-corrected chi connectivity index (χ0v) is 17.9. The van der Waals surface area contributed by atoms with E-state index in [0.29, 0.717) is 6.04 Å². The van der Waals surface area contributed by atoms with E-state index in [1.54, 1.807) is 0 Å². The van der Waals surface area contributed by atoms with Crippen molar-refractivity contribution in [3.8, 4) is 0 Å². The lowest BCUT2D eigenvalue weighted by Gasteiger charge is -2.13. The SMILES string of the molecule is C/C=C(\C/C=C\CSC)n1ncc2c1CN1C(/C(C)=C/CC)[C@H]1N=C2NC. The smallest absolute Gasteiger partial charge is 0.133 e. The van der Waals surface area contributed by atoms with Gasteiger partial charge in [-0.2, -0.15) is 16.9 Å². The molecule has 2 aliphatic heterocycles. The molecule has 1 fully saturated rings. The Bertz CT molecular complexity index is 786. The fraction of sp³-hybridized carbons (Fsp3) is 0.524. The molecule has 0 spiro atoms. The van der Waals surface area contributed by atoms with Gasteiger partial charge in [0.15, 0.2) is 0 Å². The molecular formula is C21H31N5S. The normalized spacial score (nSPS) is 25.1. The number of aromatic nitrogens is 2. The lowest BCUT2D eigenvalue weighted by molar-refractivity contribution is 0.475. The molecule has 146 valence electrons. The molecule has 5 nitrogen and oxygen atoms in total. The van der Waals surface area contributed by atoms with Crippen molar-refractivity contribution < 1.29 is 0 Å². The van der Waals surface area contributed by atoms with Crippen LogP contribution in [0.4, 0.5) is 0 Å². The standard InChI is InChI=1S/C21H31N5S/c1-6-10-15(3)19-21-24-20(22-4)17-13-23-26(18(17)14-25(19)21)16(7-2)11-8-9-12-27-5/h7-10,13,19,21H,6,11-12,14H2,1-5H3,(H,22,24)/b9-8-,15-10+,16-7+/t19?,21-,25?/m0/s1. The summed E-state index contributed by atoms with van der Waals surface area (Å²) in [6, 6.07) is 0.417. The third kappa shape index (κ3) is 4.06. The third-order valence-electron chi connectivity index (χ3n) is 5.20. The molecule has 1 aromatic heterocycles. The highest BCUT2D eigenvalue weighted by Gasteiger charge is 2.50. The third-order valence-corrected chi connectivity index (χ3v) is 5.72. The van der Waals surface area contributed by atoms with Gasteiger partial charge >= 0.3 is 0 Å². The summed E-state index contributed by atoms with van der Waals surface area (Å²) in [4.78, 5) is 7.44. The summed E-state index contributed by atoms with van der Waals surface area (Å²) in [6.07, 6.45) is 15.2. The molecule has 2 unspecified atom stereocenters. The van der Waals surface area contributed by atoms with Crippen LogP contribution in [0, 0.1) is 0 Å². The molecule has 0 radical (unpaired) electrons. The van der Waals surface area contributed by atoms with Crippen LogP contribution in [-0.2, 0) is 6.54 Å². The molecule has 0 saturated carbocycles. The number of amidine groups is 1. The van der Waals surface area contributed by atoms with E-state index in [-0.39, 0.29) is 6.17 Å². The summed E-state index contributed by atoms with van der Waals surface area (Å²) in [5.41, 5.74) is 4.97. The molecule has 1 N–H and O–H groups in total. The Labute approximate surface area is 167 Å². The number of nitrogens with zero attached hydrogens (tertiary/aromatic N) is 4. The lowest BCUT2D eigenvalue weighted by Crippen LogP contribution is -2.22. The van der Waals surface area contributed by atoms with Gasteiger partial charge < -0.3 is 5.32 Å². The van der Waals surface area contributed by atoms with Crippen LogP contribution in [0.25, 0.3) is 5.70 Å². The zero-order chi connectivity index (χ0) is 19.4. The molecule has 0 aromatic carbocycles.